The maximum atomic E-state index is 13.8. The molecule has 34 heavy (non-hydrogen) atoms. The van der Waals surface area contributed by atoms with Crippen molar-refractivity contribution in [1.82, 2.24) is 5.01 Å². The SMILES string of the molecule is COc1cc2c(cc1C[C@@H]1CCCN(N)[C@@H]1c1ccccc1)C(C(F)(F)F)CC(=O)N2C.Cl.Cl. The van der Waals surface area contributed by atoms with Crippen molar-refractivity contribution in [3.05, 3.63) is 59.2 Å². The lowest BCUT2D eigenvalue weighted by Gasteiger charge is -2.39. The van der Waals surface area contributed by atoms with Crippen LogP contribution in [0.2, 0.25) is 0 Å². The van der Waals surface area contributed by atoms with Crippen LogP contribution in [0.4, 0.5) is 18.9 Å². The number of alkyl halides is 3. The number of nitrogens with zero attached hydrogens (tertiary/aromatic N) is 2. The van der Waals surface area contributed by atoms with E-state index in [9.17, 15) is 18.0 Å². The molecule has 2 N–H and O–H groups in total. The molecule has 2 aliphatic heterocycles. The van der Waals surface area contributed by atoms with Crippen LogP contribution in [0, 0.1) is 5.92 Å². The van der Waals surface area contributed by atoms with E-state index in [1.54, 1.807) is 12.1 Å². The quantitative estimate of drug-likeness (QED) is 0.547. The highest BCUT2D eigenvalue weighted by molar-refractivity contribution is 5.97. The van der Waals surface area contributed by atoms with Gasteiger partial charge in [0.1, 0.15) is 5.75 Å². The Kier molecular flexibility index (Phi) is 9.27. The van der Waals surface area contributed by atoms with Gasteiger partial charge in [-0.3, -0.25) is 10.6 Å². The number of carbonyl (C=O) groups excluding carboxylic acids is 1. The number of hydrogen-bond acceptors (Lipinski definition) is 4. The second-order valence-electron chi connectivity index (χ2n) is 8.67. The summed E-state index contributed by atoms with van der Waals surface area (Å²) < 4.78 is 47.0. The average molecular weight is 520 g/mol. The van der Waals surface area contributed by atoms with Crippen molar-refractivity contribution >= 4 is 36.4 Å². The minimum atomic E-state index is -4.50. The van der Waals surface area contributed by atoms with E-state index in [0.717, 1.165) is 24.9 Å². The first-order valence-electron chi connectivity index (χ1n) is 10.8. The average Bonchev–Trinajstić information content (AvgIpc) is 2.76. The van der Waals surface area contributed by atoms with Gasteiger partial charge in [0, 0.05) is 26.1 Å². The Hall–Kier alpha value is -2.00. The molecule has 0 bridgehead atoms. The molecule has 0 aromatic heterocycles. The Morgan fingerprint density at radius 1 is 1.15 bits per heavy atom. The van der Waals surface area contributed by atoms with E-state index in [2.05, 4.69) is 0 Å². The molecular formula is C24H30Cl2F3N3O2. The van der Waals surface area contributed by atoms with E-state index in [1.165, 1.54) is 19.1 Å². The summed E-state index contributed by atoms with van der Waals surface area (Å²) in [7, 11) is 3.01. The molecule has 1 saturated heterocycles. The number of rotatable bonds is 4. The molecule has 0 aliphatic carbocycles. The van der Waals surface area contributed by atoms with Gasteiger partial charge in [0.15, 0.2) is 0 Å². The van der Waals surface area contributed by atoms with Crippen molar-refractivity contribution in [3.8, 4) is 5.75 Å². The molecule has 188 valence electrons. The molecule has 2 aliphatic rings. The fourth-order valence-corrected chi connectivity index (χ4v) is 5.11. The summed E-state index contributed by atoms with van der Waals surface area (Å²) in [6, 6.07) is 13.1. The lowest BCUT2D eigenvalue weighted by Crippen LogP contribution is -2.44. The summed E-state index contributed by atoms with van der Waals surface area (Å²) in [4.78, 5) is 13.5. The Bertz CT molecular complexity index is 991. The third kappa shape index (κ3) is 5.46. The third-order valence-corrected chi connectivity index (χ3v) is 6.73. The van der Waals surface area contributed by atoms with E-state index < -0.39 is 24.4 Å². The Morgan fingerprint density at radius 2 is 1.82 bits per heavy atom. The molecule has 3 atom stereocenters. The van der Waals surface area contributed by atoms with Crippen molar-refractivity contribution in [2.75, 3.05) is 25.6 Å². The first kappa shape index (κ1) is 28.2. The summed E-state index contributed by atoms with van der Waals surface area (Å²) in [6.07, 6.45) is -2.71. The molecule has 5 nitrogen and oxygen atoms in total. The minimum absolute atomic E-state index is 0. The summed E-state index contributed by atoms with van der Waals surface area (Å²) >= 11 is 0. The third-order valence-electron chi connectivity index (χ3n) is 6.73. The molecule has 0 radical (unpaired) electrons. The van der Waals surface area contributed by atoms with Crippen molar-refractivity contribution in [2.24, 2.45) is 11.8 Å². The zero-order chi connectivity index (χ0) is 23.0. The normalized spacial score (nSPS) is 22.9. The van der Waals surface area contributed by atoms with Gasteiger partial charge in [0.05, 0.1) is 24.8 Å². The highest BCUT2D eigenvalue weighted by Gasteiger charge is 2.47. The molecule has 1 amide bonds. The van der Waals surface area contributed by atoms with Gasteiger partial charge in [-0.2, -0.15) is 13.2 Å². The highest BCUT2D eigenvalue weighted by atomic mass is 35.5. The topological polar surface area (TPSA) is 58.8 Å². The van der Waals surface area contributed by atoms with Gasteiger partial charge in [-0.1, -0.05) is 30.3 Å². The van der Waals surface area contributed by atoms with E-state index >= 15 is 0 Å². The second kappa shape index (κ2) is 11.2. The predicted molar refractivity (Wildman–Crippen MR) is 131 cm³/mol. The number of fused-ring (bicyclic) bond motifs is 1. The number of hydrazine groups is 1. The molecule has 1 unspecified atom stereocenters. The number of methoxy groups -OCH3 is 1. The van der Waals surface area contributed by atoms with E-state index in [1.807, 2.05) is 35.3 Å². The first-order valence-corrected chi connectivity index (χ1v) is 10.8. The Balaban J connectivity index is 0.00000204. The number of carbonyl (C=O) groups is 1. The zero-order valence-corrected chi connectivity index (χ0v) is 20.7. The number of nitrogens with two attached hydrogens (primary N) is 1. The number of ether oxygens (including phenoxy) is 1. The summed E-state index contributed by atoms with van der Waals surface area (Å²) in [5.74, 6) is 4.61. The molecule has 2 aromatic rings. The first-order chi connectivity index (χ1) is 15.2. The van der Waals surface area contributed by atoms with Crippen molar-refractivity contribution in [1.29, 1.82) is 0 Å². The molecule has 0 spiro atoms. The lowest BCUT2D eigenvalue weighted by molar-refractivity contribution is -0.157. The standard InChI is InChI=1S/C24H28F3N3O2.2ClH/c1-29-20-14-21(32-2)17(12-18(20)19(13-22(29)31)24(25,26)27)11-16-9-6-10-30(28)23(16)15-7-4-3-5-8-15;;/h3-5,7-8,12,14,16,19,23H,6,9-11,13,28H2,1-2H3;2*1H/t16-,19?,23+;;/m0../s1. The van der Waals surface area contributed by atoms with Crippen LogP contribution in [0.3, 0.4) is 0 Å². The van der Waals surface area contributed by atoms with Crippen LogP contribution in [0.15, 0.2) is 42.5 Å². The molecule has 1 fully saturated rings. The molecule has 2 heterocycles. The number of hydrogen-bond donors (Lipinski definition) is 1. The smallest absolute Gasteiger partial charge is 0.396 e. The number of piperidine rings is 1. The largest absolute Gasteiger partial charge is 0.496 e. The molecular weight excluding hydrogens is 490 g/mol. The maximum absolute atomic E-state index is 13.8. The summed E-state index contributed by atoms with van der Waals surface area (Å²) in [6.45, 7) is 0.764. The van der Waals surface area contributed by atoms with Crippen molar-refractivity contribution < 1.29 is 22.7 Å². The van der Waals surface area contributed by atoms with E-state index in [0.29, 0.717) is 17.7 Å². The van der Waals surface area contributed by atoms with Crippen LogP contribution in [-0.2, 0) is 11.2 Å². The van der Waals surface area contributed by atoms with Gasteiger partial charge in [0.2, 0.25) is 5.91 Å². The fourth-order valence-electron chi connectivity index (χ4n) is 5.11. The van der Waals surface area contributed by atoms with Gasteiger partial charge in [-0.05, 0) is 47.9 Å². The lowest BCUT2D eigenvalue weighted by atomic mass is 9.80. The van der Waals surface area contributed by atoms with Gasteiger partial charge in [0.25, 0.3) is 0 Å². The van der Waals surface area contributed by atoms with Gasteiger partial charge in [-0.25, -0.2) is 5.01 Å². The number of amides is 1. The highest BCUT2D eigenvalue weighted by Crippen LogP contribution is 2.48. The van der Waals surface area contributed by atoms with E-state index in [-0.39, 0.29) is 48.0 Å². The second-order valence-corrected chi connectivity index (χ2v) is 8.67. The Labute approximate surface area is 210 Å². The van der Waals surface area contributed by atoms with Crippen LogP contribution in [0.5, 0.6) is 5.75 Å². The molecule has 10 heteroatoms. The molecule has 4 rings (SSSR count). The van der Waals surface area contributed by atoms with Crippen LogP contribution in [-0.4, -0.2) is 37.8 Å². The van der Waals surface area contributed by atoms with Crippen LogP contribution in [0.1, 0.15) is 47.9 Å². The predicted octanol–water partition coefficient (Wildman–Crippen LogP) is 5.42. The summed E-state index contributed by atoms with van der Waals surface area (Å²) in [5, 5.41) is 1.83. The minimum Gasteiger partial charge on any atom is -0.496 e. The molecule has 0 saturated carbocycles. The monoisotopic (exact) mass is 519 g/mol. The maximum Gasteiger partial charge on any atom is 0.396 e. The van der Waals surface area contributed by atoms with Crippen LogP contribution in [0.25, 0.3) is 0 Å². The van der Waals surface area contributed by atoms with E-state index in [4.69, 9.17) is 10.6 Å². The van der Waals surface area contributed by atoms with Crippen molar-refractivity contribution in [3.63, 3.8) is 0 Å². The van der Waals surface area contributed by atoms with Crippen molar-refractivity contribution in [2.45, 2.75) is 43.8 Å². The van der Waals surface area contributed by atoms with Gasteiger partial charge >= 0.3 is 6.18 Å². The number of benzene rings is 2. The zero-order valence-electron chi connectivity index (χ0n) is 19.0. The van der Waals surface area contributed by atoms with Gasteiger partial charge < -0.3 is 9.64 Å². The summed E-state index contributed by atoms with van der Waals surface area (Å²) in [5.41, 5.74) is 2.19. The Morgan fingerprint density at radius 3 is 2.44 bits per heavy atom. The molecule has 2 aromatic carbocycles. The number of anilines is 1. The van der Waals surface area contributed by atoms with Crippen LogP contribution < -0.4 is 15.5 Å². The van der Waals surface area contributed by atoms with Crippen LogP contribution >= 0.6 is 24.8 Å². The number of halogens is 5. The fraction of sp³-hybridized carbons (Fsp3) is 0.458. The van der Waals surface area contributed by atoms with Gasteiger partial charge in [-0.15, -0.1) is 24.8 Å².